The van der Waals surface area contributed by atoms with E-state index in [0.29, 0.717) is 19.1 Å². The zero-order valence-corrected chi connectivity index (χ0v) is 15.7. The van der Waals surface area contributed by atoms with Gasteiger partial charge in [-0.25, -0.2) is 9.98 Å². The van der Waals surface area contributed by atoms with E-state index in [9.17, 15) is 0 Å². The number of methoxy groups -OCH3 is 1. The van der Waals surface area contributed by atoms with E-state index < -0.39 is 0 Å². The molecule has 116 valence electrons. The molecule has 0 unspecified atom stereocenters. The molecule has 0 spiro atoms. The summed E-state index contributed by atoms with van der Waals surface area (Å²) in [6, 6.07) is 0. The highest BCUT2D eigenvalue weighted by Gasteiger charge is 2.05. The monoisotopic (exact) mass is 412 g/mol. The molecule has 0 bridgehead atoms. The Bertz CT molecular complexity index is 395. The Morgan fingerprint density at radius 1 is 1.45 bits per heavy atom. The summed E-state index contributed by atoms with van der Waals surface area (Å²) in [5.74, 6) is 1.29. The van der Waals surface area contributed by atoms with Crippen LogP contribution in [0, 0.1) is 0 Å². The van der Waals surface area contributed by atoms with Gasteiger partial charge in [-0.3, -0.25) is 0 Å². The number of ether oxygens (including phenoxy) is 1. The fraction of sp³-hybridized carbons (Fsp3) is 0.692. The van der Waals surface area contributed by atoms with Gasteiger partial charge in [0, 0.05) is 31.5 Å². The van der Waals surface area contributed by atoms with E-state index in [-0.39, 0.29) is 24.0 Å². The highest BCUT2D eigenvalue weighted by Crippen LogP contribution is 2.19. The summed E-state index contributed by atoms with van der Waals surface area (Å²) in [6.07, 6.45) is 0. The van der Waals surface area contributed by atoms with Crippen LogP contribution in [0.3, 0.4) is 0 Å². The normalized spacial score (nSPS) is 11.3. The van der Waals surface area contributed by atoms with Crippen LogP contribution in [0.15, 0.2) is 10.4 Å². The van der Waals surface area contributed by atoms with E-state index in [1.54, 1.807) is 18.4 Å². The molecule has 0 atom stereocenters. The number of halogens is 1. The quantitative estimate of drug-likeness (QED) is 0.313. The molecule has 1 aromatic rings. The van der Waals surface area contributed by atoms with Crippen molar-refractivity contribution >= 4 is 41.3 Å². The molecule has 0 aliphatic heterocycles. The molecule has 0 aromatic carbocycles. The molecule has 20 heavy (non-hydrogen) atoms. The summed E-state index contributed by atoms with van der Waals surface area (Å²) in [7, 11) is 1.69. The van der Waals surface area contributed by atoms with E-state index in [0.717, 1.165) is 24.7 Å². The lowest BCUT2D eigenvalue weighted by molar-refractivity contribution is 0.203. The maximum absolute atomic E-state index is 5.01. The van der Waals surface area contributed by atoms with Gasteiger partial charge in [-0.05, 0) is 6.92 Å². The first kappa shape index (κ1) is 19.6. The molecule has 0 saturated heterocycles. The standard InChI is InChI=1S/C13H24N4OS.HI/c1-5-14-13(15-6-7-18-4)16-8-11-9-19-12(17-11)10(2)3;/h9-10H,5-8H2,1-4H3,(H2,14,15,16);1H. The Kier molecular flexibility index (Phi) is 11.0. The summed E-state index contributed by atoms with van der Waals surface area (Å²) in [6.45, 7) is 9.21. The molecule has 0 fully saturated rings. The molecule has 0 saturated carbocycles. The maximum atomic E-state index is 5.01. The third-order valence-corrected chi connectivity index (χ3v) is 3.60. The lowest BCUT2D eigenvalue weighted by Gasteiger charge is -2.10. The number of hydrogen-bond donors (Lipinski definition) is 2. The van der Waals surface area contributed by atoms with Crippen LogP contribution >= 0.6 is 35.3 Å². The van der Waals surface area contributed by atoms with Crippen molar-refractivity contribution in [1.82, 2.24) is 15.6 Å². The zero-order chi connectivity index (χ0) is 14.1. The number of nitrogens with one attached hydrogen (secondary N) is 2. The predicted molar refractivity (Wildman–Crippen MR) is 96.3 cm³/mol. The van der Waals surface area contributed by atoms with Gasteiger partial charge in [-0.15, -0.1) is 35.3 Å². The molecule has 7 heteroatoms. The van der Waals surface area contributed by atoms with Gasteiger partial charge >= 0.3 is 0 Å². The molecule has 0 aliphatic carbocycles. The minimum atomic E-state index is 0. The molecule has 0 amide bonds. The number of rotatable bonds is 7. The van der Waals surface area contributed by atoms with Gasteiger partial charge in [0.25, 0.3) is 0 Å². The molecule has 5 nitrogen and oxygen atoms in total. The van der Waals surface area contributed by atoms with Gasteiger partial charge in [-0.1, -0.05) is 13.8 Å². The topological polar surface area (TPSA) is 58.5 Å². The number of aliphatic imine (C=N–C) groups is 1. The summed E-state index contributed by atoms with van der Waals surface area (Å²) in [5.41, 5.74) is 1.03. The van der Waals surface area contributed by atoms with Crippen molar-refractivity contribution < 1.29 is 4.74 Å². The molecule has 1 aromatic heterocycles. The molecular weight excluding hydrogens is 387 g/mol. The third-order valence-electron chi connectivity index (χ3n) is 2.41. The maximum Gasteiger partial charge on any atom is 0.191 e. The van der Waals surface area contributed by atoms with E-state index in [4.69, 9.17) is 4.74 Å². The Hall–Kier alpha value is -0.410. The summed E-state index contributed by atoms with van der Waals surface area (Å²) in [4.78, 5) is 9.08. The smallest absolute Gasteiger partial charge is 0.191 e. The SMILES string of the molecule is CCNC(=NCc1csc(C(C)C)n1)NCCOC.I. The summed E-state index contributed by atoms with van der Waals surface area (Å²) in [5, 5.41) is 9.66. The minimum Gasteiger partial charge on any atom is -0.383 e. The number of hydrogen-bond acceptors (Lipinski definition) is 4. The van der Waals surface area contributed by atoms with Crippen LogP contribution in [0.1, 0.15) is 37.4 Å². The van der Waals surface area contributed by atoms with Crippen LogP contribution in [-0.4, -0.2) is 37.7 Å². The summed E-state index contributed by atoms with van der Waals surface area (Å²) < 4.78 is 5.01. The molecule has 1 rings (SSSR count). The first-order valence-corrected chi connectivity index (χ1v) is 7.50. The van der Waals surface area contributed by atoms with E-state index in [2.05, 4.69) is 39.8 Å². The van der Waals surface area contributed by atoms with E-state index in [1.165, 1.54) is 5.01 Å². The van der Waals surface area contributed by atoms with Gasteiger partial charge in [0.05, 0.1) is 23.9 Å². The lowest BCUT2D eigenvalue weighted by atomic mass is 10.2. The van der Waals surface area contributed by atoms with E-state index in [1.807, 2.05) is 6.92 Å². The van der Waals surface area contributed by atoms with Crippen molar-refractivity contribution in [3.63, 3.8) is 0 Å². The highest BCUT2D eigenvalue weighted by molar-refractivity contribution is 14.0. The fourth-order valence-corrected chi connectivity index (χ4v) is 2.26. The Balaban J connectivity index is 0.00000361. The molecule has 1 heterocycles. The van der Waals surface area contributed by atoms with Crippen molar-refractivity contribution in [2.45, 2.75) is 33.2 Å². The predicted octanol–water partition coefficient (Wildman–Crippen LogP) is 2.59. The molecule has 0 radical (unpaired) electrons. The van der Waals surface area contributed by atoms with Gasteiger partial charge < -0.3 is 15.4 Å². The third kappa shape index (κ3) is 7.39. The van der Waals surface area contributed by atoms with Crippen LogP contribution in [-0.2, 0) is 11.3 Å². The Morgan fingerprint density at radius 3 is 2.75 bits per heavy atom. The number of thiazole rings is 1. The molecule has 2 N–H and O–H groups in total. The van der Waals surface area contributed by atoms with Crippen LogP contribution < -0.4 is 10.6 Å². The van der Waals surface area contributed by atoms with Crippen LogP contribution in [0.2, 0.25) is 0 Å². The fourth-order valence-electron chi connectivity index (χ4n) is 1.43. The van der Waals surface area contributed by atoms with E-state index >= 15 is 0 Å². The van der Waals surface area contributed by atoms with Crippen molar-refractivity contribution in [2.75, 3.05) is 26.8 Å². The minimum absolute atomic E-state index is 0. The van der Waals surface area contributed by atoms with Gasteiger partial charge in [-0.2, -0.15) is 0 Å². The lowest BCUT2D eigenvalue weighted by Crippen LogP contribution is -2.38. The second kappa shape index (κ2) is 11.3. The number of aromatic nitrogens is 1. The van der Waals surface area contributed by atoms with Crippen molar-refractivity contribution in [3.8, 4) is 0 Å². The van der Waals surface area contributed by atoms with Crippen LogP contribution in [0.25, 0.3) is 0 Å². The summed E-state index contributed by atoms with van der Waals surface area (Å²) >= 11 is 1.70. The molecule has 0 aliphatic rings. The van der Waals surface area contributed by atoms with Crippen molar-refractivity contribution in [3.05, 3.63) is 16.1 Å². The van der Waals surface area contributed by atoms with Crippen LogP contribution in [0.5, 0.6) is 0 Å². The van der Waals surface area contributed by atoms with Gasteiger partial charge in [0.15, 0.2) is 5.96 Å². The van der Waals surface area contributed by atoms with Crippen LogP contribution in [0.4, 0.5) is 0 Å². The first-order valence-electron chi connectivity index (χ1n) is 6.62. The van der Waals surface area contributed by atoms with Gasteiger partial charge in [0.2, 0.25) is 0 Å². The average molecular weight is 412 g/mol. The van der Waals surface area contributed by atoms with Crippen molar-refractivity contribution in [1.29, 1.82) is 0 Å². The second-order valence-electron chi connectivity index (χ2n) is 4.45. The van der Waals surface area contributed by atoms with Gasteiger partial charge in [0.1, 0.15) is 0 Å². The highest BCUT2D eigenvalue weighted by atomic mass is 127. The first-order chi connectivity index (χ1) is 9.17. The second-order valence-corrected chi connectivity index (χ2v) is 5.34. The number of guanidine groups is 1. The largest absolute Gasteiger partial charge is 0.383 e. The average Bonchev–Trinajstić information content (AvgIpc) is 2.85. The Morgan fingerprint density at radius 2 is 2.20 bits per heavy atom. The molecular formula is C13H25IN4OS. The Labute approximate surface area is 142 Å². The zero-order valence-electron chi connectivity index (χ0n) is 12.6. The van der Waals surface area contributed by atoms with Crippen molar-refractivity contribution in [2.24, 2.45) is 4.99 Å². The number of nitrogens with zero attached hydrogens (tertiary/aromatic N) is 2.